The summed E-state index contributed by atoms with van der Waals surface area (Å²) >= 11 is -1.04. The fourth-order valence-electron chi connectivity index (χ4n) is 0.721. The number of anilines is 1. The Labute approximate surface area is 111 Å². The molecule has 1 radical (unpaired) electrons. The third-order valence-corrected chi connectivity index (χ3v) is 3.20. The van der Waals surface area contributed by atoms with Gasteiger partial charge in [0.1, 0.15) is 5.01 Å². The molecular weight excluding hydrogens is 233 g/mol. The molecule has 1 aromatic rings. The van der Waals surface area contributed by atoms with Gasteiger partial charge in [-0.05, 0) is 6.42 Å². The van der Waals surface area contributed by atoms with Gasteiger partial charge < -0.3 is 4.55 Å². The average Bonchev–Trinajstić information content (AvgIpc) is 2.50. The van der Waals surface area contributed by atoms with E-state index in [0.717, 1.165) is 11.4 Å². The van der Waals surface area contributed by atoms with Crippen LogP contribution in [0.2, 0.25) is 0 Å². The third kappa shape index (κ3) is 4.33. The predicted octanol–water partition coefficient (Wildman–Crippen LogP) is 0.877. The number of nitrogens with zero attached hydrogens (tertiary/aromatic N) is 2. The van der Waals surface area contributed by atoms with Gasteiger partial charge in [-0.25, -0.2) is 0 Å². The Morgan fingerprint density at radius 1 is 1.64 bits per heavy atom. The molecule has 75 valence electrons. The Bertz CT molecular complexity index is 307. The molecule has 0 amide bonds. The summed E-state index contributed by atoms with van der Waals surface area (Å²) < 4.78 is 22.7. The Kier molecular flexibility index (Phi) is 7.09. The summed E-state index contributed by atoms with van der Waals surface area (Å²) in [4.78, 5) is 0. The molecule has 0 aliphatic carbocycles. The third-order valence-electron chi connectivity index (χ3n) is 1.65. The second-order valence-electron chi connectivity index (χ2n) is 2.59. The van der Waals surface area contributed by atoms with Gasteiger partial charge in [-0.15, -0.1) is 10.2 Å². The smallest absolute Gasteiger partial charge is 0.216 e. The largest absolute Gasteiger partial charge is 0.755 e. The Balaban J connectivity index is 0.00000169. The van der Waals surface area contributed by atoms with Gasteiger partial charge in [0.25, 0.3) is 0 Å². The van der Waals surface area contributed by atoms with Gasteiger partial charge in [0.05, 0.1) is 0 Å². The van der Waals surface area contributed by atoms with Crippen LogP contribution in [0.3, 0.4) is 0 Å². The van der Waals surface area contributed by atoms with Gasteiger partial charge in [0.2, 0.25) is 5.13 Å². The van der Waals surface area contributed by atoms with Crippen LogP contribution in [-0.2, 0) is 11.3 Å². The molecule has 0 bridgehead atoms. The standard InChI is InChI=1S/C6H11N3O2S2.Na/c1-3-4(2)5-7-8-6(12-5)9-13(10)11;/h4H,3H2,1-2H3,(H,8,9)(H,10,11);/p-1. The molecule has 0 saturated heterocycles. The van der Waals surface area contributed by atoms with Crippen molar-refractivity contribution in [3.8, 4) is 0 Å². The van der Waals surface area contributed by atoms with Crippen molar-refractivity contribution in [3.05, 3.63) is 5.01 Å². The first-order valence-electron chi connectivity index (χ1n) is 3.82. The minimum atomic E-state index is -2.31. The second-order valence-corrected chi connectivity index (χ2v) is 4.27. The summed E-state index contributed by atoms with van der Waals surface area (Å²) in [5, 5.41) is 8.74. The van der Waals surface area contributed by atoms with Crippen molar-refractivity contribution >= 4 is 57.3 Å². The van der Waals surface area contributed by atoms with Crippen molar-refractivity contribution < 1.29 is 8.76 Å². The minimum absolute atomic E-state index is 0. The molecule has 1 aromatic heterocycles. The molecule has 0 aliphatic heterocycles. The molecule has 5 nitrogen and oxygen atoms in total. The van der Waals surface area contributed by atoms with E-state index in [2.05, 4.69) is 14.9 Å². The molecule has 0 spiro atoms. The van der Waals surface area contributed by atoms with Gasteiger partial charge in [0.15, 0.2) is 0 Å². The van der Waals surface area contributed by atoms with Crippen LogP contribution in [0.4, 0.5) is 5.13 Å². The number of rotatable bonds is 4. The van der Waals surface area contributed by atoms with Crippen molar-refractivity contribution in [2.24, 2.45) is 0 Å². The molecule has 2 unspecified atom stereocenters. The fraction of sp³-hybridized carbons (Fsp3) is 0.667. The number of nitrogens with one attached hydrogen (secondary N) is 1. The van der Waals surface area contributed by atoms with Crippen molar-refractivity contribution in [3.63, 3.8) is 0 Å². The van der Waals surface area contributed by atoms with Crippen LogP contribution in [0.25, 0.3) is 0 Å². The Morgan fingerprint density at radius 3 is 2.79 bits per heavy atom. The maximum atomic E-state index is 10.2. The SMILES string of the molecule is CCC(C)c1nnc(NS(=O)[O-])s1.[Na]. The molecule has 1 N–H and O–H groups in total. The minimum Gasteiger partial charge on any atom is -0.755 e. The van der Waals surface area contributed by atoms with Gasteiger partial charge in [-0.3, -0.25) is 8.93 Å². The first-order chi connectivity index (χ1) is 6.13. The predicted molar refractivity (Wildman–Crippen MR) is 56.9 cm³/mol. The van der Waals surface area contributed by atoms with Crippen molar-refractivity contribution in [2.75, 3.05) is 4.72 Å². The fourth-order valence-corrected chi connectivity index (χ4v) is 2.00. The summed E-state index contributed by atoms with van der Waals surface area (Å²) in [5.41, 5.74) is 0. The summed E-state index contributed by atoms with van der Waals surface area (Å²) in [7, 11) is 0. The van der Waals surface area contributed by atoms with E-state index in [1.165, 1.54) is 11.3 Å². The van der Waals surface area contributed by atoms with Crippen molar-refractivity contribution in [1.82, 2.24) is 10.2 Å². The summed E-state index contributed by atoms with van der Waals surface area (Å²) in [6, 6.07) is 0. The zero-order valence-corrected chi connectivity index (χ0v) is 11.9. The van der Waals surface area contributed by atoms with Crippen LogP contribution < -0.4 is 4.72 Å². The topological polar surface area (TPSA) is 77.9 Å². The molecule has 0 aliphatic rings. The van der Waals surface area contributed by atoms with Gasteiger partial charge in [-0.2, -0.15) is 0 Å². The van der Waals surface area contributed by atoms with Crippen LogP contribution in [0, 0.1) is 0 Å². The zero-order chi connectivity index (χ0) is 9.84. The van der Waals surface area contributed by atoms with Crippen LogP contribution in [0.15, 0.2) is 0 Å². The quantitative estimate of drug-likeness (QED) is 0.629. The van der Waals surface area contributed by atoms with Crippen LogP contribution in [0.1, 0.15) is 31.2 Å². The van der Waals surface area contributed by atoms with E-state index < -0.39 is 11.3 Å². The molecule has 1 rings (SSSR count). The average molecular weight is 243 g/mol. The molecule has 0 saturated carbocycles. The Morgan fingerprint density at radius 2 is 2.29 bits per heavy atom. The number of hydrogen-bond donors (Lipinski definition) is 1. The van der Waals surface area contributed by atoms with E-state index in [1.807, 2.05) is 13.8 Å². The first-order valence-corrected chi connectivity index (χ1v) is 5.72. The molecule has 2 atom stereocenters. The second kappa shape index (κ2) is 6.86. The van der Waals surface area contributed by atoms with Crippen LogP contribution >= 0.6 is 11.3 Å². The number of hydrogen-bond acceptors (Lipinski definition) is 5. The maximum Gasteiger partial charge on any atom is 0.216 e. The summed E-state index contributed by atoms with van der Waals surface area (Å²) in [5.74, 6) is 0.327. The zero-order valence-electron chi connectivity index (χ0n) is 8.31. The monoisotopic (exact) mass is 243 g/mol. The van der Waals surface area contributed by atoms with Crippen LogP contribution in [-0.4, -0.2) is 48.5 Å². The van der Waals surface area contributed by atoms with Gasteiger partial charge >= 0.3 is 0 Å². The Hall–Kier alpha value is 0.470. The molecule has 1 heterocycles. The van der Waals surface area contributed by atoms with E-state index in [-0.39, 0.29) is 29.6 Å². The van der Waals surface area contributed by atoms with Crippen molar-refractivity contribution in [1.29, 1.82) is 0 Å². The molecule has 0 aromatic carbocycles. The van der Waals surface area contributed by atoms with Crippen LogP contribution in [0.5, 0.6) is 0 Å². The normalized spacial score (nSPS) is 14.2. The van der Waals surface area contributed by atoms with Gasteiger partial charge in [-0.1, -0.05) is 25.2 Å². The molecule has 8 heteroatoms. The molecular formula is C6H10N3NaO2S2-. The van der Waals surface area contributed by atoms with E-state index in [9.17, 15) is 8.76 Å². The maximum absolute atomic E-state index is 10.2. The first kappa shape index (κ1) is 14.5. The molecule has 14 heavy (non-hydrogen) atoms. The van der Waals surface area contributed by atoms with E-state index >= 15 is 0 Å². The van der Waals surface area contributed by atoms with Gasteiger partial charge in [0, 0.05) is 46.7 Å². The van der Waals surface area contributed by atoms with E-state index in [0.29, 0.717) is 11.0 Å². The van der Waals surface area contributed by atoms with E-state index in [4.69, 9.17) is 0 Å². The van der Waals surface area contributed by atoms with Crippen molar-refractivity contribution in [2.45, 2.75) is 26.2 Å². The van der Waals surface area contributed by atoms with E-state index in [1.54, 1.807) is 0 Å². The summed E-state index contributed by atoms with van der Waals surface area (Å²) in [6.45, 7) is 4.07. The summed E-state index contributed by atoms with van der Waals surface area (Å²) in [6.07, 6.45) is 0.967. The molecule has 0 fully saturated rings. The number of aromatic nitrogens is 2.